The zero-order valence-electron chi connectivity index (χ0n) is 14.0. The predicted octanol–water partition coefficient (Wildman–Crippen LogP) is 2.35. The van der Waals surface area contributed by atoms with Gasteiger partial charge in [-0.05, 0) is 30.5 Å². The predicted molar refractivity (Wildman–Crippen MR) is 91.7 cm³/mol. The van der Waals surface area contributed by atoms with Crippen molar-refractivity contribution in [1.29, 1.82) is 0 Å². The van der Waals surface area contributed by atoms with Crippen LogP contribution in [0.5, 0.6) is 5.88 Å². The lowest BCUT2D eigenvalue weighted by atomic mass is 9.73. The Kier molecular flexibility index (Phi) is 4.70. The number of carbonyl (C=O) groups excluding carboxylic acids is 1. The summed E-state index contributed by atoms with van der Waals surface area (Å²) in [6.07, 6.45) is 2.32. The zero-order chi connectivity index (χ0) is 17.9. The number of benzene rings is 1. The third-order valence-corrected chi connectivity index (χ3v) is 4.83. The number of aromatic nitrogens is 1. The van der Waals surface area contributed by atoms with Crippen LogP contribution in [0.1, 0.15) is 28.8 Å². The topological polar surface area (TPSA) is 79.7 Å². The molecule has 2 heterocycles. The van der Waals surface area contributed by atoms with Crippen LogP contribution in [0.25, 0.3) is 0 Å². The molecule has 130 valence electrons. The summed E-state index contributed by atoms with van der Waals surface area (Å²) >= 11 is 0. The summed E-state index contributed by atoms with van der Waals surface area (Å²) in [4.78, 5) is 30.5. The number of carboxylic acid groups (broad SMARTS) is 1. The first kappa shape index (κ1) is 17.0. The Bertz CT molecular complexity index is 768. The molecule has 0 aliphatic carbocycles. The van der Waals surface area contributed by atoms with Crippen LogP contribution in [0.2, 0.25) is 0 Å². The van der Waals surface area contributed by atoms with Crippen molar-refractivity contribution in [2.24, 2.45) is 0 Å². The van der Waals surface area contributed by atoms with Gasteiger partial charge in [-0.25, -0.2) is 4.98 Å². The maximum atomic E-state index is 12.8. The highest BCUT2D eigenvalue weighted by atomic mass is 16.5. The van der Waals surface area contributed by atoms with E-state index in [1.54, 1.807) is 23.2 Å². The fraction of sp³-hybridized carbons (Fsp3) is 0.316. The number of hydrogen-bond donors (Lipinski definition) is 1. The molecule has 6 nitrogen and oxygen atoms in total. The smallest absolute Gasteiger partial charge is 0.314 e. The van der Waals surface area contributed by atoms with Crippen LogP contribution in [-0.2, 0) is 10.2 Å². The van der Waals surface area contributed by atoms with E-state index in [0.29, 0.717) is 31.5 Å². The Hall–Kier alpha value is -2.89. The average Bonchev–Trinajstić information content (AvgIpc) is 2.68. The monoisotopic (exact) mass is 340 g/mol. The summed E-state index contributed by atoms with van der Waals surface area (Å²) in [5.41, 5.74) is 0.234. The maximum absolute atomic E-state index is 12.8. The number of aliphatic carboxylic acids is 1. The molecule has 0 radical (unpaired) electrons. The summed E-state index contributed by atoms with van der Waals surface area (Å²) in [5.74, 6) is -0.743. The van der Waals surface area contributed by atoms with Crippen molar-refractivity contribution in [2.75, 3.05) is 20.2 Å². The van der Waals surface area contributed by atoms with Crippen LogP contribution < -0.4 is 4.74 Å². The van der Waals surface area contributed by atoms with E-state index >= 15 is 0 Å². The van der Waals surface area contributed by atoms with E-state index in [4.69, 9.17) is 4.74 Å². The van der Waals surface area contributed by atoms with Gasteiger partial charge in [-0.3, -0.25) is 9.59 Å². The summed E-state index contributed by atoms with van der Waals surface area (Å²) < 4.78 is 5.15. The van der Waals surface area contributed by atoms with E-state index in [2.05, 4.69) is 4.98 Å². The first-order valence-corrected chi connectivity index (χ1v) is 8.16. The summed E-state index contributed by atoms with van der Waals surface area (Å²) in [7, 11) is 1.47. The zero-order valence-corrected chi connectivity index (χ0v) is 14.0. The summed E-state index contributed by atoms with van der Waals surface area (Å²) in [6.45, 7) is 0.746. The molecule has 1 amide bonds. The Balaban J connectivity index is 1.81. The third kappa shape index (κ3) is 3.07. The van der Waals surface area contributed by atoms with Gasteiger partial charge in [-0.1, -0.05) is 30.3 Å². The molecule has 0 spiro atoms. The SMILES string of the molecule is COc1ncccc1C(=O)N1CCC(C(=O)O)(c2ccccc2)CC1. The van der Waals surface area contributed by atoms with Gasteiger partial charge in [0, 0.05) is 19.3 Å². The van der Waals surface area contributed by atoms with Crippen LogP contribution in [-0.4, -0.2) is 47.1 Å². The van der Waals surface area contributed by atoms with Gasteiger partial charge in [0.15, 0.2) is 0 Å². The number of carboxylic acids is 1. The molecule has 1 saturated heterocycles. The first-order valence-electron chi connectivity index (χ1n) is 8.16. The molecule has 1 aromatic carbocycles. The Labute approximate surface area is 146 Å². The Morgan fingerprint density at radius 2 is 1.80 bits per heavy atom. The molecule has 2 aromatic rings. The molecule has 1 fully saturated rings. The van der Waals surface area contributed by atoms with E-state index in [0.717, 1.165) is 5.56 Å². The number of nitrogens with zero attached hydrogens (tertiary/aromatic N) is 2. The highest BCUT2D eigenvalue weighted by Crippen LogP contribution is 2.36. The lowest BCUT2D eigenvalue weighted by molar-refractivity contribution is -0.145. The Morgan fingerprint density at radius 1 is 1.12 bits per heavy atom. The summed E-state index contributed by atoms with van der Waals surface area (Å²) in [5, 5.41) is 9.83. The maximum Gasteiger partial charge on any atom is 0.314 e. The standard InChI is InChI=1S/C19H20N2O4/c1-25-16-15(8-5-11-20-16)17(22)21-12-9-19(10-13-21,18(23)24)14-6-3-2-4-7-14/h2-8,11H,9-10,12-13H2,1H3,(H,23,24). The third-order valence-electron chi connectivity index (χ3n) is 4.83. The number of piperidine rings is 1. The number of ether oxygens (including phenoxy) is 1. The molecular formula is C19H20N2O4. The molecule has 1 aliphatic rings. The van der Waals surface area contributed by atoms with E-state index < -0.39 is 11.4 Å². The van der Waals surface area contributed by atoms with E-state index in [9.17, 15) is 14.7 Å². The van der Waals surface area contributed by atoms with Crippen LogP contribution in [0, 0.1) is 0 Å². The van der Waals surface area contributed by atoms with Crippen molar-refractivity contribution in [3.05, 3.63) is 59.8 Å². The fourth-order valence-electron chi connectivity index (χ4n) is 3.36. The molecule has 3 rings (SSSR count). The van der Waals surface area contributed by atoms with Crippen LogP contribution >= 0.6 is 0 Å². The van der Waals surface area contributed by atoms with Gasteiger partial charge in [0.2, 0.25) is 5.88 Å². The van der Waals surface area contributed by atoms with Gasteiger partial charge in [0.1, 0.15) is 5.56 Å². The lowest BCUT2D eigenvalue weighted by Gasteiger charge is -2.39. The van der Waals surface area contributed by atoms with Crippen LogP contribution in [0.4, 0.5) is 0 Å². The minimum atomic E-state index is -0.947. The van der Waals surface area contributed by atoms with Gasteiger partial charge in [0.25, 0.3) is 5.91 Å². The van der Waals surface area contributed by atoms with Gasteiger partial charge < -0.3 is 14.7 Å². The molecule has 25 heavy (non-hydrogen) atoms. The molecule has 0 bridgehead atoms. The number of amides is 1. The number of likely N-dealkylation sites (tertiary alicyclic amines) is 1. The molecule has 1 aliphatic heterocycles. The van der Waals surface area contributed by atoms with Crippen LogP contribution in [0.3, 0.4) is 0 Å². The molecule has 1 N–H and O–H groups in total. The number of pyridine rings is 1. The molecule has 1 aromatic heterocycles. The van der Waals surface area contributed by atoms with Crippen molar-refractivity contribution in [2.45, 2.75) is 18.3 Å². The molecular weight excluding hydrogens is 320 g/mol. The fourth-order valence-corrected chi connectivity index (χ4v) is 3.36. The second-order valence-electron chi connectivity index (χ2n) is 6.11. The summed E-state index contributed by atoms with van der Waals surface area (Å²) in [6, 6.07) is 12.6. The van der Waals surface area contributed by atoms with Gasteiger partial charge in [-0.15, -0.1) is 0 Å². The van der Waals surface area contributed by atoms with Crippen molar-refractivity contribution in [3.63, 3.8) is 0 Å². The number of rotatable bonds is 4. The molecule has 6 heteroatoms. The number of methoxy groups -OCH3 is 1. The number of carbonyl (C=O) groups is 2. The minimum Gasteiger partial charge on any atom is -0.481 e. The van der Waals surface area contributed by atoms with E-state index in [-0.39, 0.29) is 11.8 Å². The van der Waals surface area contributed by atoms with Crippen molar-refractivity contribution >= 4 is 11.9 Å². The Morgan fingerprint density at radius 3 is 2.40 bits per heavy atom. The van der Waals surface area contributed by atoms with Gasteiger partial charge in [0.05, 0.1) is 12.5 Å². The van der Waals surface area contributed by atoms with E-state index in [1.165, 1.54) is 7.11 Å². The van der Waals surface area contributed by atoms with Crippen LogP contribution in [0.15, 0.2) is 48.7 Å². The van der Waals surface area contributed by atoms with Crippen molar-refractivity contribution in [1.82, 2.24) is 9.88 Å². The highest BCUT2D eigenvalue weighted by molar-refractivity contribution is 5.96. The van der Waals surface area contributed by atoms with E-state index in [1.807, 2.05) is 30.3 Å². The second kappa shape index (κ2) is 6.93. The largest absolute Gasteiger partial charge is 0.481 e. The average molecular weight is 340 g/mol. The normalized spacial score (nSPS) is 16.3. The van der Waals surface area contributed by atoms with Gasteiger partial charge >= 0.3 is 5.97 Å². The molecule has 0 atom stereocenters. The molecule has 0 unspecified atom stereocenters. The van der Waals surface area contributed by atoms with Crippen molar-refractivity contribution < 1.29 is 19.4 Å². The second-order valence-corrected chi connectivity index (χ2v) is 6.11. The first-order chi connectivity index (χ1) is 12.1. The number of hydrogen-bond acceptors (Lipinski definition) is 4. The minimum absolute atomic E-state index is 0.183. The van der Waals surface area contributed by atoms with Crippen molar-refractivity contribution in [3.8, 4) is 5.88 Å². The highest BCUT2D eigenvalue weighted by Gasteiger charge is 2.44. The van der Waals surface area contributed by atoms with Gasteiger partial charge in [-0.2, -0.15) is 0 Å². The molecule has 0 saturated carbocycles. The lowest BCUT2D eigenvalue weighted by Crippen LogP contribution is -2.49. The quantitative estimate of drug-likeness (QED) is 0.924.